The van der Waals surface area contributed by atoms with E-state index in [1.807, 2.05) is 43.0 Å². The topological polar surface area (TPSA) is 222 Å². The average Bonchev–Trinajstić information content (AvgIpc) is 3.91. The van der Waals surface area contributed by atoms with Crippen LogP contribution in [0, 0.1) is 11.8 Å². The fourth-order valence-corrected chi connectivity index (χ4v) is 10.1. The summed E-state index contributed by atoms with van der Waals surface area (Å²) in [6, 6.07) is 13.0. The molecule has 2 fully saturated rings. The van der Waals surface area contributed by atoms with Gasteiger partial charge in [0.2, 0.25) is 23.6 Å². The van der Waals surface area contributed by atoms with E-state index in [4.69, 9.17) is 14.5 Å². The molecule has 19 nitrogen and oxygen atoms in total. The van der Waals surface area contributed by atoms with Crippen LogP contribution in [0.1, 0.15) is 105 Å². The molecule has 0 bridgehead atoms. The van der Waals surface area contributed by atoms with Gasteiger partial charge in [0.1, 0.15) is 42.5 Å². The number of anilines is 3. The molecule has 386 valence electrons. The Morgan fingerprint density at radius 2 is 1.74 bits per heavy atom. The number of pyridine rings is 1. The molecule has 2 aromatic carbocycles. The first kappa shape index (κ1) is 53.4. The van der Waals surface area contributed by atoms with Crippen molar-refractivity contribution in [1.29, 1.82) is 0 Å². The number of carbonyl (C=O) groups is 6. The van der Waals surface area contributed by atoms with E-state index in [1.54, 1.807) is 68.0 Å². The van der Waals surface area contributed by atoms with Crippen molar-refractivity contribution in [3.8, 4) is 0 Å². The summed E-state index contributed by atoms with van der Waals surface area (Å²) in [6.45, 7) is 13.4. The molecule has 2 aromatic heterocycles. The van der Waals surface area contributed by atoms with Gasteiger partial charge in [-0.25, -0.2) is 9.78 Å². The maximum absolute atomic E-state index is 14.6. The summed E-state index contributed by atoms with van der Waals surface area (Å²) in [7, 11) is 3.42. The Balaban J connectivity index is 1.03. The molecule has 72 heavy (non-hydrogen) atoms. The number of hydrogen-bond acceptors (Lipinski definition) is 13. The molecule has 0 saturated carbocycles. The van der Waals surface area contributed by atoms with Gasteiger partial charge in [-0.2, -0.15) is 0 Å². The van der Waals surface area contributed by atoms with E-state index < -0.39 is 35.4 Å². The lowest BCUT2D eigenvalue weighted by Crippen LogP contribution is -2.53. The first-order valence-electron chi connectivity index (χ1n) is 24.8. The van der Waals surface area contributed by atoms with Crippen molar-refractivity contribution in [3.05, 3.63) is 88.5 Å². The van der Waals surface area contributed by atoms with Crippen LogP contribution < -0.4 is 31.1 Å². The van der Waals surface area contributed by atoms with E-state index in [2.05, 4.69) is 49.4 Å². The third kappa shape index (κ3) is 12.8. The first-order chi connectivity index (χ1) is 34.5. The van der Waals surface area contributed by atoms with Crippen LogP contribution in [0.25, 0.3) is 0 Å². The summed E-state index contributed by atoms with van der Waals surface area (Å²) in [6.07, 6.45) is 6.58. The van der Waals surface area contributed by atoms with Gasteiger partial charge in [-0.05, 0) is 116 Å². The standard InChI is InChI=1S/C52H69N11O8S/c1-9-62(51(69)71-28-35-15-17-38(18-16-35)56-48(66)34(5)55-49(67)47(32(2)3)58-46(65)14-10-13-45(64)53-6)42-22-37(52(29-70-30-52)24-44-59-54-31-60(44)7)23-43(57-42)63-27-40-39(50(63)68)20-36(21-41(40)72-8)26-61-19-11-12-33(4)25-61/h15-18,20-23,31-34,47H,9-14,19,24-30H2,1-8H3,(H,53,64)(H,55,67)(H,56,66)(H,58,65)/t33-,34-,47-/m0/s1. The smallest absolute Gasteiger partial charge is 0.415 e. The maximum Gasteiger partial charge on any atom is 0.415 e. The molecule has 3 aliphatic heterocycles. The Morgan fingerprint density at radius 3 is 2.38 bits per heavy atom. The highest BCUT2D eigenvalue weighted by Crippen LogP contribution is 2.41. The Hall–Kier alpha value is -6.38. The van der Waals surface area contributed by atoms with Crippen molar-refractivity contribution < 1.29 is 38.2 Å². The molecule has 7 rings (SSSR count). The molecule has 5 heterocycles. The summed E-state index contributed by atoms with van der Waals surface area (Å²) >= 11 is 1.63. The van der Waals surface area contributed by atoms with Crippen LogP contribution >= 0.6 is 11.8 Å². The highest BCUT2D eigenvalue weighted by molar-refractivity contribution is 7.98. The lowest BCUT2D eigenvalue weighted by atomic mass is 9.75. The minimum atomic E-state index is -0.936. The second-order valence-electron chi connectivity index (χ2n) is 19.6. The number of likely N-dealkylation sites (tertiary alicyclic amines) is 1. The van der Waals surface area contributed by atoms with Gasteiger partial charge in [0, 0.05) is 74.6 Å². The molecule has 3 atom stereocenters. The number of amides is 6. The van der Waals surface area contributed by atoms with E-state index >= 15 is 0 Å². The fraction of sp³-hybridized carbons (Fsp3) is 0.519. The van der Waals surface area contributed by atoms with Crippen LogP contribution in [0.3, 0.4) is 0 Å². The summed E-state index contributed by atoms with van der Waals surface area (Å²) in [5.74, 6) is 0.232. The molecular weight excluding hydrogens is 939 g/mol. The molecule has 2 saturated heterocycles. The lowest BCUT2D eigenvalue weighted by molar-refractivity contribution is -0.132. The molecule has 20 heteroatoms. The highest BCUT2D eigenvalue weighted by Gasteiger charge is 2.44. The summed E-state index contributed by atoms with van der Waals surface area (Å²) in [4.78, 5) is 90.8. The van der Waals surface area contributed by atoms with E-state index in [1.165, 1.54) is 24.8 Å². The first-order valence-corrected chi connectivity index (χ1v) is 26.0. The number of hydrogen-bond donors (Lipinski definition) is 4. The van der Waals surface area contributed by atoms with Crippen LogP contribution in [0.15, 0.2) is 59.8 Å². The Labute approximate surface area is 425 Å². The molecule has 0 aliphatic carbocycles. The maximum atomic E-state index is 14.6. The molecule has 4 aromatic rings. The number of aryl methyl sites for hydroxylation is 1. The van der Waals surface area contributed by atoms with Crippen molar-refractivity contribution in [2.75, 3.05) is 61.3 Å². The van der Waals surface area contributed by atoms with Gasteiger partial charge < -0.3 is 35.3 Å². The molecular formula is C52H69N11O8S. The summed E-state index contributed by atoms with van der Waals surface area (Å²) < 4.78 is 13.6. The number of fused-ring (bicyclic) bond motifs is 1. The minimum absolute atomic E-state index is 0.0810. The zero-order valence-electron chi connectivity index (χ0n) is 42.7. The lowest BCUT2D eigenvalue weighted by Gasteiger charge is -2.42. The van der Waals surface area contributed by atoms with Crippen molar-refractivity contribution >= 4 is 64.7 Å². The number of aromatic nitrogens is 4. The number of piperidine rings is 1. The predicted octanol–water partition coefficient (Wildman–Crippen LogP) is 5.50. The number of carbonyl (C=O) groups excluding carboxylic acids is 6. The highest BCUT2D eigenvalue weighted by atomic mass is 32.2. The number of ether oxygens (including phenoxy) is 2. The van der Waals surface area contributed by atoms with Gasteiger partial charge in [-0.3, -0.25) is 38.7 Å². The van der Waals surface area contributed by atoms with E-state index in [0.717, 1.165) is 47.0 Å². The number of thioether (sulfide) groups is 1. The number of rotatable bonds is 21. The van der Waals surface area contributed by atoms with Gasteiger partial charge in [0.25, 0.3) is 5.91 Å². The van der Waals surface area contributed by atoms with Crippen molar-refractivity contribution in [1.82, 2.24) is 40.6 Å². The van der Waals surface area contributed by atoms with E-state index in [0.29, 0.717) is 67.0 Å². The molecule has 3 aliphatic rings. The normalized spacial score (nSPS) is 17.1. The zero-order chi connectivity index (χ0) is 51.7. The van der Waals surface area contributed by atoms with Gasteiger partial charge in [0.15, 0.2) is 0 Å². The predicted molar refractivity (Wildman–Crippen MR) is 274 cm³/mol. The third-order valence-electron chi connectivity index (χ3n) is 13.7. The minimum Gasteiger partial charge on any atom is -0.444 e. The molecule has 0 unspecified atom stereocenters. The van der Waals surface area contributed by atoms with Crippen LogP contribution in [0.5, 0.6) is 0 Å². The van der Waals surface area contributed by atoms with Gasteiger partial charge >= 0.3 is 6.09 Å². The van der Waals surface area contributed by atoms with Crippen LogP contribution in [0.4, 0.5) is 22.1 Å². The monoisotopic (exact) mass is 1010 g/mol. The SMILES string of the molecule is CCN(C(=O)OCc1ccc(NC(=O)[C@H](C)NC(=O)[C@@H](NC(=O)CCCC(=O)NC)C(C)C)cc1)c1cc(C2(Cc3nncn3C)COC2)cc(N2Cc3c(SC)cc(CN4CCC[C@H](C)C4)cc3C2=O)n1. The Kier molecular flexibility index (Phi) is 17.7. The van der Waals surface area contributed by atoms with Crippen LogP contribution in [0.2, 0.25) is 0 Å². The summed E-state index contributed by atoms with van der Waals surface area (Å²) in [5.41, 5.74) is 4.17. The van der Waals surface area contributed by atoms with Crippen molar-refractivity contribution in [3.63, 3.8) is 0 Å². The molecule has 0 spiro atoms. The molecule has 4 N–H and O–H groups in total. The Bertz CT molecular complexity index is 2620. The van der Waals surface area contributed by atoms with Crippen LogP contribution in [-0.4, -0.2) is 119 Å². The fourth-order valence-electron chi connectivity index (χ4n) is 9.38. The number of benzene rings is 2. The second-order valence-corrected chi connectivity index (χ2v) is 20.5. The van der Waals surface area contributed by atoms with Crippen LogP contribution in [-0.2, 0) is 67.2 Å². The number of nitrogens with one attached hydrogen (secondary N) is 4. The number of nitrogens with zero attached hydrogens (tertiary/aromatic N) is 7. The van der Waals surface area contributed by atoms with Gasteiger partial charge in [-0.1, -0.05) is 32.9 Å². The zero-order valence-corrected chi connectivity index (χ0v) is 43.5. The van der Waals surface area contributed by atoms with E-state index in [9.17, 15) is 28.8 Å². The third-order valence-corrected chi connectivity index (χ3v) is 14.5. The molecule has 6 amide bonds. The van der Waals surface area contributed by atoms with Crippen molar-refractivity contribution in [2.24, 2.45) is 18.9 Å². The molecule has 0 radical (unpaired) electrons. The second kappa shape index (κ2) is 23.9. The quantitative estimate of drug-likeness (QED) is 0.0759. The largest absolute Gasteiger partial charge is 0.444 e. The van der Waals surface area contributed by atoms with Gasteiger partial charge in [0.05, 0.1) is 19.8 Å². The summed E-state index contributed by atoms with van der Waals surface area (Å²) in [5, 5.41) is 19.2. The van der Waals surface area contributed by atoms with E-state index in [-0.39, 0.29) is 49.6 Å². The van der Waals surface area contributed by atoms with Crippen molar-refractivity contribution in [2.45, 2.75) is 115 Å². The van der Waals surface area contributed by atoms with Gasteiger partial charge in [-0.15, -0.1) is 22.0 Å². The Morgan fingerprint density at radius 1 is 0.986 bits per heavy atom. The average molecular weight is 1010 g/mol.